The highest BCUT2D eigenvalue weighted by atomic mass is 16.1. The number of hydrogen-bond donors (Lipinski definition) is 2. The summed E-state index contributed by atoms with van der Waals surface area (Å²) in [6.07, 6.45) is 5.76. The van der Waals surface area contributed by atoms with Gasteiger partial charge in [-0.05, 0) is 12.3 Å². The van der Waals surface area contributed by atoms with Crippen molar-refractivity contribution in [3.8, 4) is 0 Å². The number of H-pyrrole nitrogens is 1. The molecule has 0 saturated carbocycles. The van der Waals surface area contributed by atoms with Crippen molar-refractivity contribution in [2.24, 2.45) is 11.8 Å². The molecule has 0 aromatic carbocycles. The van der Waals surface area contributed by atoms with Crippen molar-refractivity contribution in [1.29, 1.82) is 0 Å². The maximum atomic E-state index is 12.0. The van der Waals surface area contributed by atoms with E-state index in [4.69, 9.17) is 0 Å². The van der Waals surface area contributed by atoms with Gasteiger partial charge in [0.05, 0.1) is 6.33 Å². The second-order valence-electron chi connectivity index (χ2n) is 5.75. The zero-order chi connectivity index (χ0) is 16.8. The summed E-state index contributed by atoms with van der Waals surface area (Å²) in [6.45, 7) is 9.06. The topological polar surface area (TPSA) is 86.8 Å². The largest absolute Gasteiger partial charge is 0.358 e. The van der Waals surface area contributed by atoms with Crippen LogP contribution in [0.15, 0.2) is 25.3 Å². The third kappa shape index (κ3) is 4.06. The first kappa shape index (κ1) is 16.9. The van der Waals surface area contributed by atoms with Crippen LogP contribution in [0.4, 0.5) is 5.82 Å². The first-order valence-electron chi connectivity index (χ1n) is 7.80. The molecule has 0 bridgehead atoms. The maximum absolute atomic E-state index is 12.0. The van der Waals surface area contributed by atoms with Gasteiger partial charge in [-0.2, -0.15) is 0 Å². The minimum Gasteiger partial charge on any atom is -0.358 e. The fourth-order valence-corrected chi connectivity index (χ4v) is 2.28. The van der Waals surface area contributed by atoms with E-state index in [9.17, 15) is 4.79 Å². The highest BCUT2D eigenvalue weighted by Gasteiger charge is 2.17. The van der Waals surface area contributed by atoms with E-state index in [1.165, 1.54) is 6.33 Å². The molecular weight excluding hydrogens is 292 g/mol. The van der Waals surface area contributed by atoms with Gasteiger partial charge in [-0.15, -0.1) is 6.58 Å². The van der Waals surface area contributed by atoms with E-state index in [2.05, 4.69) is 31.8 Å². The smallest absolute Gasteiger partial charge is 0.223 e. The quantitative estimate of drug-likeness (QED) is 0.572. The van der Waals surface area contributed by atoms with E-state index in [0.29, 0.717) is 12.2 Å². The molecule has 0 radical (unpaired) electrons. The van der Waals surface area contributed by atoms with Crippen molar-refractivity contribution < 1.29 is 4.79 Å². The van der Waals surface area contributed by atoms with Crippen LogP contribution in [-0.4, -0.2) is 46.0 Å². The summed E-state index contributed by atoms with van der Waals surface area (Å²) in [7, 11) is 1.97. The Hall–Kier alpha value is -2.44. The standard InChI is InChI=1S/C16H24N6O/c1-5-11(2)12(3)16(23)17-7-6-8-22(4)15-13-14(19-9-18-13)20-10-21-15/h5,9-12H,1,6-8H2,2-4H3,(H,17,23)(H,18,19,20,21). The fourth-order valence-electron chi connectivity index (χ4n) is 2.28. The molecule has 0 aliphatic rings. The van der Waals surface area contributed by atoms with Crippen molar-refractivity contribution >= 4 is 22.9 Å². The molecule has 0 fully saturated rings. The molecule has 2 aromatic rings. The lowest BCUT2D eigenvalue weighted by Crippen LogP contribution is -2.34. The van der Waals surface area contributed by atoms with Crippen LogP contribution in [0.2, 0.25) is 0 Å². The summed E-state index contributed by atoms with van der Waals surface area (Å²) < 4.78 is 0. The van der Waals surface area contributed by atoms with Gasteiger partial charge < -0.3 is 15.2 Å². The SMILES string of the molecule is C=CC(C)C(C)C(=O)NCCCN(C)c1ncnc2nc[nH]c12. The first-order chi connectivity index (χ1) is 11.0. The van der Waals surface area contributed by atoms with Crippen LogP contribution in [0.3, 0.4) is 0 Å². The lowest BCUT2D eigenvalue weighted by molar-refractivity contribution is -0.125. The number of aromatic nitrogens is 4. The third-order valence-electron chi connectivity index (χ3n) is 4.11. The molecule has 2 rings (SSSR count). The summed E-state index contributed by atoms with van der Waals surface area (Å²) in [5.41, 5.74) is 1.48. The maximum Gasteiger partial charge on any atom is 0.223 e. The van der Waals surface area contributed by atoms with Crippen molar-refractivity contribution in [3.63, 3.8) is 0 Å². The molecule has 2 heterocycles. The Morgan fingerprint density at radius 3 is 2.96 bits per heavy atom. The number of rotatable bonds is 8. The van der Waals surface area contributed by atoms with Gasteiger partial charge in [-0.1, -0.05) is 19.9 Å². The number of nitrogens with zero attached hydrogens (tertiary/aromatic N) is 4. The minimum atomic E-state index is -0.0586. The minimum absolute atomic E-state index is 0.0586. The zero-order valence-corrected chi connectivity index (χ0v) is 13.9. The lowest BCUT2D eigenvalue weighted by Gasteiger charge is -2.19. The van der Waals surface area contributed by atoms with Crippen molar-refractivity contribution in [3.05, 3.63) is 25.3 Å². The van der Waals surface area contributed by atoms with E-state index in [1.807, 2.05) is 31.9 Å². The number of nitrogens with one attached hydrogen (secondary N) is 2. The lowest BCUT2D eigenvalue weighted by atomic mass is 9.95. The molecule has 0 saturated heterocycles. The van der Waals surface area contributed by atoms with Gasteiger partial charge in [-0.3, -0.25) is 4.79 Å². The van der Waals surface area contributed by atoms with E-state index in [0.717, 1.165) is 24.3 Å². The predicted octanol–water partition coefficient (Wildman–Crippen LogP) is 1.75. The van der Waals surface area contributed by atoms with Crippen LogP contribution >= 0.6 is 0 Å². The Morgan fingerprint density at radius 1 is 1.43 bits per heavy atom. The summed E-state index contributed by atoms with van der Waals surface area (Å²) >= 11 is 0. The molecule has 23 heavy (non-hydrogen) atoms. The van der Waals surface area contributed by atoms with Gasteiger partial charge in [0.1, 0.15) is 11.8 Å². The second kappa shape index (κ2) is 7.71. The van der Waals surface area contributed by atoms with Crippen LogP contribution in [0.5, 0.6) is 0 Å². The Kier molecular flexibility index (Phi) is 5.67. The Morgan fingerprint density at radius 2 is 2.22 bits per heavy atom. The third-order valence-corrected chi connectivity index (χ3v) is 4.11. The van der Waals surface area contributed by atoms with Gasteiger partial charge in [0.2, 0.25) is 5.91 Å². The number of hydrogen-bond acceptors (Lipinski definition) is 5. The molecule has 0 spiro atoms. The summed E-state index contributed by atoms with van der Waals surface area (Å²) in [4.78, 5) is 29.6. The molecule has 2 unspecified atom stereocenters. The number of fused-ring (bicyclic) bond motifs is 1. The molecule has 1 amide bonds. The van der Waals surface area contributed by atoms with Gasteiger partial charge in [0, 0.05) is 26.1 Å². The van der Waals surface area contributed by atoms with E-state index in [1.54, 1.807) is 6.33 Å². The summed E-state index contributed by atoms with van der Waals surface area (Å²) in [5, 5.41) is 2.97. The Labute approximate surface area is 136 Å². The highest BCUT2D eigenvalue weighted by molar-refractivity contribution is 5.82. The molecule has 2 atom stereocenters. The molecule has 124 valence electrons. The molecule has 0 aliphatic carbocycles. The first-order valence-corrected chi connectivity index (χ1v) is 7.80. The average Bonchev–Trinajstić information content (AvgIpc) is 3.05. The van der Waals surface area contributed by atoms with Gasteiger partial charge in [0.25, 0.3) is 0 Å². The van der Waals surface area contributed by atoms with E-state index >= 15 is 0 Å². The van der Waals surface area contributed by atoms with Gasteiger partial charge in [0.15, 0.2) is 11.5 Å². The monoisotopic (exact) mass is 316 g/mol. The molecule has 0 aliphatic heterocycles. The molecule has 7 heteroatoms. The number of anilines is 1. The molecule has 7 nitrogen and oxygen atoms in total. The Balaban J connectivity index is 1.81. The van der Waals surface area contributed by atoms with Crippen molar-refractivity contribution in [1.82, 2.24) is 25.3 Å². The van der Waals surface area contributed by atoms with Crippen LogP contribution in [0, 0.1) is 11.8 Å². The van der Waals surface area contributed by atoms with Crippen LogP contribution in [0.25, 0.3) is 11.2 Å². The average molecular weight is 316 g/mol. The van der Waals surface area contributed by atoms with Crippen molar-refractivity contribution in [2.45, 2.75) is 20.3 Å². The molecule has 2 N–H and O–H groups in total. The van der Waals surface area contributed by atoms with E-state index < -0.39 is 0 Å². The van der Waals surface area contributed by atoms with Crippen LogP contribution < -0.4 is 10.2 Å². The van der Waals surface area contributed by atoms with Crippen LogP contribution in [0.1, 0.15) is 20.3 Å². The normalized spacial score (nSPS) is 13.5. The second-order valence-corrected chi connectivity index (χ2v) is 5.75. The number of amides is 1. The number of carbonyl (C=O) groups excluding carboxylic acids is 1. The number of allylic oxidation sites excluding steroid dienone is 1. The summed E-state index contributed by atoms with van der Waals surface area (Å²) in [6, 6.07) is 0. The number of imidazole rings is 1. The van der Waals surface area contributed by atoms with Crippen LogP contribution in [-0.2, 0) is 4.79 Å². The molecule has 2 aromatic heterocycles. The fraction of sp³-hybridized carbons (Fsp3) is 0.500. The van der Waals surface area contributed by atoms with Gasteiger partial charge in [-0.25, -0.2) is 15.0 Å². The number of aromatic amines is 1. The van der Waals surface area contributed by atoms with Crippen molar-refractivity contribution in [2.75, 3.05) is 25.0 Å². The summed E-state index contributed by atoms with van der Waals surface area (Å²) in [5.74, 6) is 0.995. The Bertz CT molecular complexity index is 667. The predicted molar refractivity (Wildman–Crippen MR) is 91.1 cm³/mol. The molecular formula is C16H24N6O. The van der Waals surface area contributed by atoms with E-state index in [-0.39, 0.29) is 17.7 Å². The zero-order valence-electron chi connectivity index (χ0n) is 13.9. The highest BCUT2D eigenvalue weighted by Crippen LogP contribution is 2.18. The van der Waals surface area contributed by atoms with Gasteiger partial charge >= 0.3 is 0 Å². The number of carbonyl (C=O) groups is 1.